The highest BCUT2D eigenvalue weighted by molar-refractivity contribution is 5.73. The van der Waals surface area contributed by atoms with Crippen LogP contribution in [0.25, 0.3) is 0 Å². The summed E-state index contributed by atoms with van der Waals surface area (Å²) < 4.78 is 0. The number of carbonyl (C=O) groups is 1. The molecule has 1 aliphatic rings. The number of rotatable bonds is 0. The Morgan fingerprint density at radius 2 is 1.79 bits per heavy atom. The fourth-order valence-electron chi connectivity index (χ4n) is 1.31. The monoisotopic (exact) mass is 202 g/mol. The topological polar surface area (TPSA) is 32.3 Å². The predicted octanol–water partition coefficient (Wildman–Crippen LogP) is 1.88. The van der Waals surface area contributed by atoms with Crippen LogP contribution in [0, 0.1) is 0 Å². The third-order valence-electron chi connectivity index (χ3n) is 1.91. The molecule has 1 unspecified atom stereocenters. The lowest BCUT2D eigenvalue weighted by Crippen LogP contribution is -2.51. The summed E-state index contributed by atoms with van der Waals surface area (Å²) in [7, 11) is 0. The second-order valence-electron chi connectivity index (χ2n) is 2.77. The Morgan fingerprint density at radius 1 is 1.29 bits per heavy atom. The third-order valence-corrected chi connectivity index (χ3v) is 1.91. The molecule has 0 aromatic rings. The van der Waals surface area contributed by atoms with Crippen LogP contribution in [0.2, 0.25) is 0 Å². The summed E-state index contributed by atoms with van der Waals surface area (Å²) in [6.45, 7) is 14.4. The minimum atomic E-state index is 0.189. The smallest absolute Gasteiger partial charge is 0.219 e. The van der Waals surface area contributed by atoms with Crippen LogP contribution in [-0.2, 0) is 4.79 Å². The van der Waals surface area contributed by atoms with E-state index < -0.39 is 0 Å². The third kappa shape index (κ3) is 5.97. The van der Waals surface area contributed by atoms with Crippen molar-refractivity contribution in [3.05, 3.63) is 0 Å². The molecule has 1 heterocycles. The summed E-state index contributed by atoms with van der Waals surface area (Å²) in [5, 5.41) is 3.23. The number of nitrogens with zero attached hydrogens (tertiary/aromatic N) is 1. The Kier molecular flexibility index (Phi) is 11.9. The fourth-order valence-corrected chi connectivity index (χ4v) is 1.31. The minimum absolute atomic E-state index is 0.189. The second kappa shape index (κ2) is 10.5. The minimum Gasteiger partial charge on any atom is -0.338 e. The van der Waals surface area contributed by atoms with E-state index in [0.29, 0.717) is 6.04 Å². The molecule has 0 spiro atoms. The molecule has 1 N–H and O–H groups in total. The second-order valence-corrected chi connectivity index (χ2v) is 2.77. The molecule has 0 aromatic carbocycles. The maximum Gasteiger partial charge on any atom is 0.219 e. The van der Waals surface area contributed by atoms with Gasteiger partial charge in [-0.3, -0.25) is 4.79 Å². The van der Waals surface area contributed by atoms with Gasteiger partial charge in [0.1, 0.15) is 0 Å². The average Bonchev–Trinajstić information content (AvgIpc) is 2.24. The van der Waals surface area contributed by atoms with Crippen molar-refractivity contribution in [2.24, 2.45) is 0 Å². The highest BCUT2D eigenvalue weighted by Gasteiger charge is 2.18. The first-order chi connectivity index (χ1) is 6.72. The molecule has 1 amide bonds. The van der Waals surface area contributed by atoms with E-state index in [0.717, 1.165) is 19.6 Å². The molecule has 3 nitrogen and oxygen atoms in total. The number of hydrogen-bond acceptors (Lipinski definition) is 2. The van der Waals surface area contributed by atoms with Gasteiger partial charge in [-0.1, -0.05) is 27.7 Å². The molecule has 0 radical (unpaired) electrons. The number of hydrogen-bond donors (Lipinski definition) is 1. The summed E-state index contributed by atoms with van der Waals surface area (Å²) >= 11 is 0. The van der Waals surface area contributed by atoms with Crippen LogP contribution >= 0.6 is 0 Å². The van der Waals surface area contributed by atoms with E-state index in [4.69, 9.17) is 0 Å². The van der Waals surface area contributed by atoms with Gasteiger partial charge >= 0.3 is 0 Å². The first-order valence-electron chi connectivity index (χ1n) is 5.69. The van der Waals surface area contributed by atoms with Crippen LogP contribution in [0.5, 0.6) is 0 Å². The maximum absolute atomic E-state index is 10.9. The molecule has 0 saturated carbocycles. The van der Waals surface area contributed by atoms with Gasteiger partial charge in [0.05, 0.1) is 0 Å². The predicted molar refractivity (Wildman–Crippen MR) is 62.4 cm³/mol. The Morgan fingerprint density at radius 3 is 2.07 bits per heavy atom. The van der Waals surface area contributed by atoms with Gasteiger partial charge in [0.15, 0.2) is 0 Å². The van der Waals surface area contributed by atoms with Crippen molar-refractivity contribution in [3.8, 4) is 0 Å². The zero-order chi connectivity index (χ0) is 11.6. The number of piperazine rings is 1. The number of carbonyl (C=O) groups excluding carboxylic acids is 1. The lowest BCUT2D eigenvalue weighted by molar-refractivity contribution is -0.131. The molecular formula is C11H26N2O. The Labute approximate surface area is 88.9 Å². The van der Waals surface area contributed by atoms with E-state index in [-0.39, 0.29) is 5.91 Å². The zero-order valence-electron chi connectivity index (χ0n) is 10.6. The molecule has 1 rings (SSSR count). The van der Waals surface area contributed by atoms with Crippen molar-refractivity contribution in [2.45, 2.75) is 47.6 Å². The van der Waals surface area contributed by atoms with Crippen LogP contribution in [0.4, 0.5) is 0 Å². The molecule has 1 fully saturated rings. The quantitative estimate of drug-likeness (QED) is 0.650. The van der Waals surface area contributed by atoms with Crippen molar-refractivity contribution in [2.75, 3.05) is 19.6 Å². The normalized spacial score (nSPS) is 19.9. The largest absolute Gasteiger partial charge is 0.338 e. The van der Waals surface area contributed by atoms with Crippen LogP contribution in [0.3, 0.4) is 0 Å². The van der Waals surface area contributed by atoms with Crippen molar-refractivity contribution >= 4 is 5.91 Å². The first-order valence-corrected chi connectivity index (χ1v) is 5.69. The fraction of sp³-hybridized carbons (Fsp3) is 0.909. The molecule has 14 heavy (non-hydrogen) atoms. The van der Waals surface area contributed by atoms with Crippen molar-refractivity contribution in [1.29, 1.82) is 0 Å². The highest BCUT2D eigenvalue weighted by Crippen LogP contribution is 2.01. The molecule has 0 bridgehead atoms. The highest BCUT2D eigenvalue weighted by atomic mass is 16.2. The first kappa shape index (κ1) is 15.9. The number of nitrogens with one attached hydrogen (secondary N) is 1. The summed E-state index contributed by atoms with van der Waals surface area (Å²) in [4.78, 5) is 12.8. The van der Waals surface area contributed by atoms with Gasteiger partial charge in [-0.2, -0.15) is 0 Å². The van der Waals surface area contributed by atoms with Crippen LogP contribution in [-0.4, -0.2) is 36.5 Å². The van der Waals surface area contributed by atoms with Gasteiger partial charge < -0.3 is 10.2 Å². The van der Waals surface area contributed by atoms with Crippen molar-refractivity contribution in [1.82, 2.24) is 10.2 Å². The molecule has 1 atom stereocenters. The average molecular weight is 202 g/mol. The SMILES string of the molecule is CC.CC.CC(=O)N1CCNCC1C. The molecular weight excluding hydrogens is 176 g/mol. The van der Waals surface area contributed by atoms with Crippen LogP contribution < -0.4 is 5.32 Å². The lowest BCUT2D eigenvalue weighted by Gasteiger charge is -2.32. The molecule has 1 aliphatic heterocycles. The molecule has 3 heteroatoms. The van der Waals surface area contributed by atoms with Gasteiger partial charge in [-0.25, -0.2) is 0 Å². The van der Waals surface area contributed by atoms with Gasteiger partial charge in [0, 0.05) is 32.6 Å². The van der Waals surface area contributed by atoms with Gasteiger partial charge in [-0.15, -0.1) is 0 Å². The van der Waals surface area contributed by atoms with E-state index in [9.17, 15) is 4.79 Å². The van der Waals surface area contributed by atoms with Crippen LogP contribution in [0.15, 0.2) is 0 Å². The van der Waals surface area contributed by atoms with E-state index in [1.54, 1.807) is 6.92 Å². The van der Waals surface area contributed by atoms with Gasteiger partial charge in [0.2, 0.25) is 5.91 Å². The Bertz CT molecular complexity index is 137. The summed E-state index contributed by atoms with van der Waals surface area (Å²) in [5.74, 6) is 0.189. The van der Waals surface area contributed by atoms with E-state index >= 15 is 0 Å². The van der Waals surface area contributed by atoms with Crippen molar-refractivity contribution in [3.63, 3.8) is 0 Å². The van der Waals surface area contributed by atoms with Crippen LogP contribution in [0.1, 0.15) is 41.5 Å². The van der Waals surface area contributed by atoms with E-state index in [2.05, 4.69) is 12.2 Å². The molecule has 0 aliphatic carbocycles. The standard InChI is InChI=1S/C7H14N2O.2C2H6/c1-6-5-8-3-4-9(6)7(2)10;2*1-2/h6,8H,3-5H2,1-2H3;2*1-2H3. The zero-order valence-corrected chi connectivity index (χ0v) is 10.6. The molecule has 0 aromatic heterocycles. The van der Waals surface area contributed by atoms with Gasteiger partial charge in [-0.05, 0) is 6.92 Å². The van der Waals surface area contributed by atoms with E-state index in [1.165, 1.54) is 0 Å². The van der Waals surface area contributed by atoms with E-state index in [1.807, 2.05) is 32.6 Å². The summed E-state index contributed by atoms with van der Waals surface area (Å²) in [6.07, 6.45) is 0. The Balaban J connectivity index is 0. The molecule has 86 valence electrons. The maximum atomic E-state index is 10.9. The Hall–Kier alpha value is -0.570. The number of amides is 1. The molecule has 1 saturated heterocycles. The lowest BCUT2D eigenvalue weighted by atomic mass is 10.2. The summed E-state index contributed by atoms with van der Waals surface area (Å²) in [5.41, 5.74) is 0. The van der Waals surface area contributed by atoms with Crippen molar-refractivity contribution < 1.29 is 4.79 Å². The summed E-state index contributed by atoms with van der Waals surface area (Å²) in [6, 6.07) is 0.367. The van der Waals surface area contributed by atoms with Gasteiger partial charge in [0.25, 0.3) is 0 Å².